The number of rotatable bonds is 7. The van der Waals surface area contributed by atoms with Gasteiger partial charge in [0.25, 0.3) is 5.91 Å². The minimum Gasteiger partial charge on any atom is -0.367 e. The summed E-state index contributed by atoms with van der Waals surface area (Å²) >= 11 is 0. The minimum atomic E-state index is -0.406. The summed E-state index contributed by atoms with van der Waals surface area (Å²) in [6, 6.07) is 17.6. The molecule has 21 heavy (non-hydrogen) atoms. The van der Waals surface area contributed by atoms with Gasteiger partial charge in [0.15, 0.2) is 0 Å². The third-order valence-corrected chi connectivity index (χ3v) is 3.36. The van der Waals surface area contributed by atoms with Gasteiger partial charge >= 0.3 is 0 Å². The summed E-state index contributed by atoms with van der Waals surface area (Å²) in [5, 5.41) is 0. The molecule has 1 amide bonds. The molecule has 0 saturated carbocycles. The average Bonchev–Trinajstić information content (AvgIpc) is 2.52. The predicted molar refractivity (Wildman–Crippen MR) is 86.1 cm³/mol. The highest BCUT2D eigenvalue weighted by molar-refractivity contribution is 5.98. The molecule has 0 aliphatic rings. The molecule has 0 aliphatic heterocycles. The van der Waals surface area contributed by atoms with Crippen molar-refractivity contribution in [3.63, 3.8) is 0 Å². The smallest absolute Gasteiger partial charge is 0.250 e. The van der Waals surface area contributed by atoms with Gasteiger partial charge in [-0.05, 0) is 30.7 Å². The van der Waals surface area contributed by atoms with E-state index in [1.807, 2.05) is 36.4 Å². The fourth-order valence-electron chi connectivity index (χ4n) is 2.33. The van der Waals surface area contributed by atoms with Crippen molar-refractivity contribution in [2.45, 2.75) is 13.0 Å². The van der Waals surface area contributed by atoms with E-state index < -0.39 is 5.91 Å². The highest BCUT2D eigenvalue weighted by Crippen LogP contribution is 2.22. The van der Waals surface area contributed by atoms with Crippen LogP contribution in [0.15, 0.2) is 54.6 Å². The Morgan fingerprint density at radius 2 is 1.67 bits per heavy atom. The first-order valence-corrected chi connectivity index (χ1v) is 7.10. The zero-order valence-electron chi connectivity index (χ0n) is 12.0. The van der Waals surface area contributed by atoms with Crippen LogP contribution in [0.5, 0.6) is 0 Å². The van der Waals surface area contributed by atoms with E-state index in [4.69, 9.17) is 11.5 Å². The number of hydrogen-bond donors (Lipinski definition) is 2. The Bertz CT molecular complexity index is 584. The molecular formula is C17H21N3O. The van der Waals surface area contributed by atoms with Crippen LogP contribution in [-0.4, -0.2) is 19.0 Å². The fourth-order valence-corrected chi connectivity index (χ4v) is 2.33. The van der Waals surface area contributed by atoms with Crippen LogP contribution in [0.2, 0.25) is 0 Å². The van der Waals surface area contributed by atoms with Gasteiger partial charge in [0, 0.05) is 18.8 Å². The molecule has 0 aromatic heterocycles. The van der Waals surface area contributed by atoms with Gasteiger partial charge in [-0.1, -0.05) is 42.5 Å². The molecule has 0 unspecified atom stereocenters. The van der Waals surface area contributed by atoms with Crippen molar-refractivity contribution < 1.29 is 4.79 Å². The Morgan fingerprint density at radius 1 is 1.00 bits per heavy atom. The first-order chi connectivity index (χ1) is 10.2. The van der Waals surface area contributed by atoms with Gasteiger partial charge in [-0.25, -0.2) is 0 Å². The molecule has 0 saturated heterocycles. The normalized spacial score (nSPS) is 10.3. The van der Waals surface area contributed by atoms with Gasteiger partial charge in [-0.3, -0.25) is 4.79 Å². The van der Waals surface area contributed by atoms with E-state index in [0.29, 0.717) is 12.1 Å². The SMILES string of the molecule is NCCCN(Cc1ccccc1)c1ccccc1C(N)=O. The van der Waals surface area contributed by atoms with Crippen LogP contribution < -0.4 is 16.4 Å². The summed E-state index contributed by atoms with van der Waals surface area (Å²) < 4.78 is 0. The minimum absolute atomic E-state index is 0.406. The van der Waals surface area contributed by atoms with E-state index in [-0.39, 0.29) is 0 Å². The first-order valence-electron chi connectivity index (χ1n) is 7.10. The maximum atomic E-state index is 11.6. The van der Waals surface area contributed by atoms with Crippen molar-refractivity contribution in [2.24, 2.45) is 11.5 Å². The van der Waals surface area contributed by atoms with Crippen LogP contribution in [0.25, 0.3) is 0 Å². The summed E-state index contributed by atoms with van der Waals surface area (Å²) in [5.74, 6) is -0.406. The number of benzene rings is 2. The van der Waals surface area contributed by atoms with Crippen LogP contribution in [0, 0.1) is 0 Å². The lowest BCUT2D eigenvalue weighted by Gasteiger charge is -2.26. The lowest BCUT2D eigenvalue weighted by atomic mass is 10.1. The highest BCUT2D eigenvalue weighted by Gasteiger charge is 2.14. The summed E-state index contributed by atoms with van der Waals surface area (Å²) in [4.78, 5) is 13.8. The van der Waals surface area contributed by atoms with Crippen molar-refractivity contribution in [1.82, 2.24) is 0 Å². The second-order valence-electron chi connectivity index (χ2n) is 4.93. The second-order valence-corrected chi connectivity index (χ2v) is 4.93. The molecule has 110 valence electrons. The second kappa shape index (κ2) is 7.45. The summed E-state index contributed by atoms with van der Waals surface area (Å²) in [7, 11) is 0. The monoisotopic (exact) mass is 283 g/mol. The van der Waals surface area contributed by atoms with Crippen LogP contribution in [0.4, 0.5) is 5.69 Å². The van der Waals surface area contributed by atoms with Crippen molar-refractivity contribution in [3.8, 4) is 0 Å². The first kappa shape index (κ1) is 15.1. The zero-order valence-corrected chi connectivity index (χ0v) is 12.0. The van der Waals surface area contributed by atoms with Crippen LogP contribution in [0.1, 0.15) is 22.3 Å². The van der Waals surface area contributed by atoms with E-state index in [9.17, 15) is 4.79 Å². The maximum absolute atomic E-state index is 11.6. The molecule has 2 aromatic carbocycles. The van der Waals surface area contributed by atoms with Crippen LogP contribution in [0.3, 0.4) is 0 Å². The Balaban J connectivity index is 2.29. The Kier molecular flexibility index (Phi) is 5.35. The Morgan fingerprint density at radius 3 is 2.33 bits per heavy atom. The van der Waals surface area contributed by atoms with Crippen molar-refractivity contribution in [1.29, 1.82) is 0 Å². The third-order valence-electron chi connectivity index (χ3n) is 3.36. The van der Waals surface area contributed by atoms with Gasteiger partial charge in [0.2, 0.25) is 0 Å². The number of anilines is 1. The number of amides is 1. The number of carbonyl (C=O) groups excluding carboxylic acids is 1. The van der Waals surface area contributed by atoms with Gasteiger partial charge in [0.05, 0.1) is 5.56 Å². The highest BCUT2D eigenvalue weighted by atomic mass is 16.1. The van der Waals surface area contributed by atoms with Crippen LogP contribution >= 0.6 is 0 Å². The topological polar surface area (TPSA) is 72.3 Å². The van der Waals surface area contributed by atoms with Gasteiger partial charge < -0.3 is 16.4 Å². The molecule has 4 N–H and O–H groups in total. The zero-order chi connectivity index (χ0) is 15.1. The molecule has 4 heteroatoms. The number of primary amides is 1. The number of nitrogens with two attached hydrogens (primary N) is 2. The Hall–Kier alpha value is -2.33. The molecular weight excluding hydrogens is 262 g/mol. The molecule has 0 fully saturated rings. The number of para-hydroxylation sites is 1. The van der Waals surface area contributed by atoms with E-state index >= 15 is 0 Å². The summed E-state index contributed by atoms with van der Waals surface area (Å²) in [5.41, 5.74) is 13.7. The van der Waals surface area contributed by atoms with Gasteiger partial charge in [-0.15, -0.1) is 0 Å². The van der Waals surface area contributed by atoms with E-state index in [0.717, 1.165) is 25.2 Å². The molecule has 0 bridgehead atoms. The molecule has 0 heterocycles. The summed E-state index contributed by atoms with van der Waals surface area (Å²) in [6.07, 6.45) is 0.861. The Labute approximate surface area is 125 Å². The molecule has 2 rings (SSSR count). The molecule has 0 radical (unpaired) electrons. The van der Waals surface area contributed by atoms with Gasteiger partial charge in [-0.2, -0.15) is 0 Å². The largest absolute Gasteiger partial charge is 0.367 e. The van der Waals surface area contributed by atoms with E-state index in [1.165, 1.54) is 5.56 Å². The summed E-state index contributed by atoms with van der Waals surface area (Å²) in [6.45, 7) is 2.13. The average molecular weight is 283 g/mol. The lowest BCUT2D eigenvalue weighted by molar-refractivity contribution is 0.100. The third kappa shape index (κ3) is 4.07. The fraction of sp³-hybridized carbons (Fsp3) is 0.235. The number of nitrogens with zero attached hydrogens (tertiary/aromatic N) is 1. The molecule has 0 atom stereocenters. The number of hydrogen-bond acceptors (Lipinski definition) is 3. The lowest BCUT2D eigenvalue weighted by Crippen LogP contribution is -2.28. The van der Waals surface area contributed by atoms with Crippen molar-refractivity contribution in [3.05, 3.63) is 65.7 Å². The predicted octanol–water partition coefficient (Wildman–Crippen LogP) is 2.14. The van der Waals surface area contributed by atoms with Crippen molar-refractivity contribution >= 4 is 11.6 Å². The maximum Gasteiger partial charge on any atom is 0.250 e. The van der Waals surface area contributed by atoms with E-state index in [1.54, 1.807) is 6.07 Å². The van der Waals surface area contributed by atoms with E-state index in [2.05, 4.69) is 17.0 Å². The molecule has 4 nitrogen and oxygen atoms in total. The van der Waals surface area contributed by atoms with Crippen LogP contribution in [-0.2, 0) is 6.54 Å². The number of carbonyl (C=O) groups is 1. The van der Waals surface area contributed by atoms with Gasteiger partial charge in [0.1, 0.15) is 0 Å². The quantitative estimate of drug-likeness (QED) is 0.817. The molecule has 0 spiro atoms. The molecule has 0 aliphatic carbocycles. The standard InChI is InChI=1S/C17H21N3O/c18-11-6-12-20(13-14-7-2-1-3-8-14)16-10-5-4-9-15(16)17(19)21/h1-5,7-10H,6,11-13,18H2,(H2,19,21). The van der Waals surface area contributed by atoms with Crippen molar-refractivity contribution in [2.75, 3.05) is 18.0 Å². The molecule has 2 aromatic rings.